The standard InChI is InChI=1S/C14H17N3S/c1-10-13(15)16-18-14(10)17-8-7-12(9-17)11-5-3-2-4-6-11/h2-6,12H,7-9H2,1H3,(H2,15,16). The average Bonchev–Trinajstić information content (AvgIpc) is 3.00. The lowest BCUT2D eigenvalue weighted by Gasteiger charge is -2.17. The summed E-state index contributed by atoms with van der Waals surface area (Å²) in [6.07, 6.45) is 1.21. The zero-order valence-corrected chi connectivity index (χ0v) is 11.3. The van der Waals surface area contributed by atoms with Crippen LogP contribution in [-0.4, -0.2) is 17.5 Å². The number of nitrogens with two attached hydrogens (primary N) is 1. The monoisotopic (exact) mass is 259 g/mol. The van der Waals surface area contributed by atoms with Crippen molar-refractivity contribution in [2.24, 2.45) is 0 Å². The summed E-state index contributed by atoms with van der Waals surface area (Å²) in [5, 5.41) is 1.24. The Morgan fingerprint density at radius 1 is 1.33 bits per heavy atom. The Balaban J connectivity index is 1.78. The lowest BCUT2D eigenvalue weighted by Crippen LogP contribution is -2.18. The number of nitrogen functional groups attached to an aromatic ring is 1. The molecule has 0 spiro atoms. The smallest absolute Gasteiger partial charge is 0.142 e. The van der Waals surface area contributed by atoms with Crippen LogP contribution in [0.5, 0.6) is 0 Å². The van der Waals surface area contributed by atoms with Gasteiger partial charge in [-0.2, -0.15) is 4.37 Å². The molecule has 1 unspecified atom stereocenters. The predicted octanol–water partition coefficient (Wildman–Crippen LogP) is 3.03. The van der Waals surface area contributed by atoms with Gasteiger partial charge in [0, 0.05) is 24.6 Å². The van der Waals surface area contributed by atoms with Gasteiger partial charge < -0.3 is 10.6 Å². The Labute approximate surface area is 111 Å². The van der Waals surface area contributed by atoms with E-state index in [2.05, 4.69) is 46.5 Å². The van der Waals surface area contributed by atoms with Crippen molar-refractivity contribution in [3.63, 3.8) is 0 Å². The molecule has 2 aromatic rings. The van der Waals surface area contributed by atoms with Gasteiger partial charge >= 0.3 is 0 Å². The molecule has 94 valence electrons. The van der Waals surface area contributed by atoms with E-state index in [1.807, 2.05) is 0 Å². The van der Waals surface area contributed by atoms with Crippen molar-refractivity contribution in [3.8, 4) is 0 Å². The number of rotatable bonds is 2. The molecule has 3 rings (SSSR count). The summed E-state index contributed by atoms with van der Waals surface area (Å²) < 4.78 is 4.24. The topological polar surface area (TPSA) is 42.1 Å². The van der Waals surface area contributed by atoms with Gasteiger partial charge in [0.1, 0.15) is 10.8 Å². The summed E-state index contributed by atoms with van der Waals surface area (Å²) in [6.45, 7) is 4.23. The molecular formula is C14H17N3S. The molecule has 2 heterocycles. The lowest BCUT2D eigenvalue weighted by molar-refractivity contribution is 0.775. The molecule has 1 aromatic carbocycles. The molecule has 0 radical (unpaired) electrons. The van der Waals surface area contributed by atoms with Gasteiger partial charge in [-0.25, -0.2) is 0 Å². The molecule has 4 heteroatoms. The molecule has 0 aliphatic carbocycles. The SMILES string of the molecule is Cc1c(N)nsc1N1CCC(c2ccccc2)C1. The maximum absolute atomic E-state index is 5.83. The fourth-order valence-electron chi connectivity index (χ4n) is 2.58. The van der Waals surface area contributed by atoms with Crippen molar-refractivity contribution in [3.05, 3.63) is 41.5 Å². The Kier molecular flexibility index (Phi) is 2.96. The minimum atomic E-state index is 0.633. The van der Waals surface area contributed by atoms with Gasteiger partial charge in [-0.15, -0.1) is 0 Å². The first kappa shape index (κ1) is 11.5. The maximum atomic E-state index is 5.83. The molecular weight excluding hydrogens is 242 g/mol. The van der Waals surface area contributed by atoms with Crippen LogP contribution in [0.1, 0.15) is 23.5 Å². The molecule has 18 heavy (non-hydrogen) atoms. The first-order valence-electron chi connectivity index (χ1n) is 6.27. The van der Waals surface area contributed by atoms with Gasteiger partial charge in [0.25, 0.3) is 0 Å². The van der Waals surface area contributed by atoms with Gasteiger partial charge in [0.2, 0.25) is 0 Å². The fraction of sp³-hybridized carbons (Fsp3) is 0.357. The molecule has 0 bridgehead atoms. The van der Waals surface area contributed by atoms with Crippen molar-refractivity contribution < 1.29 is 0 Å². The fourth-order valence-corrected chi connectivity index (χ4v) is 3.42. The average molecular weight is 259 g/mol. The van der Waals surface area contributed by atoms with E-state index in [0.717, 1.165) is 18.7 Å². The number of aromatic nitrogens is 1. The zero-order valence-electron chi connectivity index (χ0n) is 10.5. The van der Waals surface area contributed by atoms with Crippen molar-refractivity contribution in [2.75, 3.05) is 23.7 Å². The molecule has 1 aliphatic rings. The van der Waals surface area contributed by atoms with Gasteiger partial charge in [0.15, 0.2) is 0 Å². The van der Waals surface area contributed by atoms with Crippen molar-refractivity contribution in [2.45, 2.75) is 19.3 Å². The van der Waals surface area contributed by atoms with Crippen LogP contribution in [0.3, 0.4) is 0 Å². The molecule has 1 aliphatic heterocycles. The van der Waals surface area contributed by atoms with E-state index in [1.54, 1.807) is 0 Å². The van der Waals surface area contributed by atoms with E-state index in [4.69, 9.17) is 5.73 Å². The summed E-state index contributed by atoms with van der Waals surface area (Å²) in [5.41, 5.74) is 8.40. The van der Waals surface area contributed by atoms with Crippen molar-refractivity contribution in [1.82, 2.24) is 4.37 Å². The highest BCUT2D eigenvalue weighted by atomic mass is 32.1. The molecule has 1 aromatic heterocycles. The normalized spacial score (nSPS) is 19.4. The predicted molar refractivity (Wildman–Crippen MR) is 77.3 cm³/mol. The van der Waals surface area contributed by atoms with E-state index in [-0.39, 0.29) is 0 Å². The first-order valence-corrected chi connectivity index (χ1v) is 7.04. The van der Waals surface area contributed by atoms with E-state index in [9.17, 15) is 0 Å². The highest BCUT2D eigenvalue weighted by molar-refractivity contribution is 7.10. The second-order valence-corrected chi connectivity index (χ2v) is 5.59. The quantitative estimate of drug-likeness (QED) is 0.901. The summed E-state index contributed by atoms with van der Waals surface area (Å²) in [4.78, 5) is 2.42. The molecule has 1 atom stereocenters. The Hall–Kier alpha value is -1.55. The second kappa shape index (κ2) is 4.61. The first-order chi connectivity index (χ1) is 8.75. The van der Waals surface area contributed by atoms with Crippen LogP contribution in [0.2, 0.25) is 0 Å². The van der Waals surface area contributed by atoms with E-state index < -0.39 is 0 Å². The van der Waals surface area contributed by atoms with Crippen LogP contribution < -0.4 is 10.6 Å². The van der Waals surface area contributed by atoms with Crippen LogP contribution in [0.4, 0.5) is 10.8 Å². The Bertz CT molecular complexity index is 535. The van der Waals surface area contributed by atoms with Gasteiger partial charge in [-0.3, -0.25) is 0 Å². The van der Waals surface area contributed by atoms with Crippen LogP contribution in [0.15, 0.2) is 30.3 Å². The minimum Gasteiger partial charge on any atom is -0.383 e. The second-order valence-electron chi connectivity index (χ2n) is 4.84. The molecule has 3 nitrogen and oxygen atoms in total. The third kappa shape index (κ3) is 1.97. The molecule has 1 saturated heterocycles. The molecule has 0 saturated carbocycles. The summed E-state index contributed by atoms with van der Waals surface area (Å²) in [5.74, 6) is 1.31. The third-order valence-corrected chi connectivity index (χ3v) is 4.71. The summed E-state index contributed by atoms with van der Waals surface area (Å²) >= 11 is 1.52. The van der Waals surface area contributed by atoms with Crippen molar-refractivity contribution in [1.29, 1.82) is 0 Å². The van der Waals surface area contributed by atoms with Crippen LogP contribution in [0, 0.1) is 6.92 Å². The minimum absolute atomic E-state index is 0.633. The number of hydrogen-bond acceptors (Lipinski definition) is 4. The maximum Gasteiger partial charge on any atom is 0.142 e. The number of hydrogen-bond donors (Lipinski definition) is 1. The van der Waals surface area contributed by atoms with Gasteiger partial charge in [-0.1, -0.05) is 30.3 Å². The van der Waals surface area contributed by atoms with Crippen LogP contribution in [0.25, 0.3) is 0 Å². The number of anilines is 2. The van der Waals surface area contributed by atoms with E-state index >= 15 is 0 Å². The summed E-state index contributed by atoms with van der Waals surface area (Å²) in [6, 6.07) is 10.8. The van der Waals surface area contributed by atoms with Crippen LogP contribution >= 0.6 is 11.5 Å². The largest absolute Gasteiger partial charge is 0.383 e. The highest BCUT2D eigenvalue weighted by Crippen LogP contribution is 2.36. The highest BCUT2D eigenvalue weighted by Gasteiger charge is 2.26. The van der Waals surface area contributed by atoms with Crippen molar-refractivity contribution >= 4 is 22.4 Å². The van der Waals surface area contributed by atoms with E-state index in [1.165, 1.54) is 28.5 Å². The lowest BCUT2D eigenvalue weighted by atomic mass is 9.99. The number of benzene rings is 1. The van der Waals surface area contributed by atoms with Gasteiger partial charge in [0.05, 0.1) is 0 Å². The molecule has 2 N–H and O–H groups in total. The van der Waals surface area contributed by atoms with E-state index in [0.29, 0.717) is 11.7 Å². The third-order valence-electron chi connectivity index (χ3n) is 3.68. The Morgan fingerprint density at radius 2 is 2.11 bits per heavy atom. The number of nitrogens with zero attached hydrogens (tertiary/aromatic N) is 2. The van der Waals surface area contributed by atoms with Crippen LogP contribution in [-0.2, 0) is 0 Å². The zero-order chi connectivity index (χ0) is 12.5. The molecule has 1 fully saturated rings. The Morgan fingerprint density at radius 3 is 2.78 bits per heavy atom. The van der Waals surface area contributed by atoms with Gasteiger partial charge in [-0.05, 0) is 30.4 Å². The summed E-state index contributed by atoms with van der Waals surface area (Å²) in [7, 11) is 0. The molecule has 0 amide bonds.